The molecule has 0 saturated carbocycles. The van der Waals surface area contributed by atoms with Gasteiger partial charge in [-0.2, -0.15) is 5.10 Å². The fourth-order valence-corrected chi connectivity index (χ4v) is 4.47. The monoisotopic (exact) mass is 450 g/mol. The summed E-state index contributed by atoms with van der Waals surface area (Å²) in [5.41, 5.74) is 11.8. The maximum atomic E-state index is 6.01. The van der Waals surface area contributed by atoms with Gasteiger partial charge in [-0.05, 0) is 67.3 Å². The molecule has 6 rings (SSSR count). The molecule has 0 bridgehead atoms. The van der Waals surface area contributed by atoms with E-state index in [-0.39, 0.29) is 6.23 Å². The molecular formula is C27H26N6O. The second-order valence-corrected chi connectivity index (χ2v) is 8.61. The van der Waals surface area contributed by atoms with Gasteiger partial charge in [-0.15, -0.1) is 5.10 Å². The third kappa shape index (κ3) is 3.91. The largest absolute Gasteiger partial charge is 0.399 e. The van der Waals surface area contributed by atoms with Gasteiger partial charge >= 0.3 is 0 Å². The van der Waals surface area contributed by atoms with Crippen molar-refractivity contribution >= 4 is 28.1 Å². The standard InChI is InChI=1S/C27H26N6O/c28-21-6-5-7-23(16-21)33-25-9-2-1-8-24(25)27(31-33)30-22-13-11-19(12-14-22)20-17-29-32(18-20)26-10-3-4-15-34-26/h1-2,5-9,11-14,16-18,26H,3-4,10,15,28H2,(H,30,31). The Morgan fingerprint density at radius 1 is 0.941 bits per heavy atom. The number of benzene rings is 3. The second-order valence-electron chi connectivity index (χ2n) is 8.61. The van der Waals surface area contributed by atoms with Gasteiger partial charge in [0.2, 0.25) is 0 Å². The van der Waals surface area contributed by atoms with Crippen LogP contribution in [0.5, 0.6) is 0 Å². The molecule has 5 aromatic rings. The van der Waals surface area contributed by atoms with Crippen LogP contribution in [0.1, 0.15) is 25.5 Å². The number of nitrogens with zero attached hydrogens (tertiary/aromatic N) is 4. The summed E-state index contributed by atoms with van der Waals surface area (Å²) in [7, 11) is 0. The summed E-state index contributed by atoms with van der Waals surface area (Å²) >= 11 is 0. The molecule has 0 radical (unpaired) electrons. The fraction of sp³-hybridized carbons (Fsp3) is 0.185. The van der Waals surface area contributed by atoms with Crippen LogP contribution in [-0.2, 0) is 4.74 Å². The van der Waals surface area contributed by atoms with Crippen LogP contribution in [0.4, 0.5) is 17.2 Å². The van der Waals surface area contributed by atoms with Gasteiger partial charge in [-0.3, -0.25) is 0 Å². The van der Waals surface area contributed by atoms with Crippen molar-refractivity contribution in [2.45, 2.75) is 25.5 Å². The molecule has 170 valence electrons. The van der Waals surface area contributed by atoms with Gasteiger partial charge in [-0.1, -0.05) is 30.3 Å². The molecule has 3 heterocycles. The van der Waals surface area contributed by atoms with Gasteiger partial charge in [0, 0.05) is 35.1 Å². The van der Waals surface area contributed by atoms with Crippen molar-refractivity contribution in [2.75, 3.05) is 17.7 Å². The summed E-state index contributed by atoms with van der Waals surface area (Å²) in [5.74, 6) is 0.799. The van der Waals surface area contributed by atoms with Crippen LogP contribution in [0.25, 0.3) is 27.7 Å². The number of nitrogens with two attached hydrogens (primary N) is 1. The molecule has 7 heteroatoms. The first-order chi connectivity index (χ1) is 16.7. The van der Waals surface area contributed by atoms with Crippen molar-refractivity contribution in [3.05, 3.63) is 85.2 Å². The number of aromatic nitrogens is 4. The molecule has 0 spiro atoms. The summed E-state index contributed by atoms with van der Waals surface area (Å²) in [4.78, 5) is 0. The Hall–Kier alpha value is -4.10. The maximum absolute atomic E-state index is 6.01. The molecule has 3 N–H and O–H groups in total. The molecule has 1 aliphatic rings. The summed E-state index contributed by atoms with van der Waals surface area (Å²) in [6, 6.07) is 24.3. The van der Waals surface area contributed by atoms with E-state index in [9.17, 15) is 0 Å². The van der Waals surface area contributed by atoms with Crippen LogP contribution in [0, 0.1) is 0 Å². The lowest BCUT2D eigenvalue weighted by Gasteiger charge is -2.22. The highest BCUT2D eigenvalue weighted by molar-refractivity contribution is 5.93. The van der Waals surface area contributed by atoms with Gasteiger partial charge in [0.05, 0.1) is 17.4 Å². The average Bonchev–Trinajstić information content (AvgIpc) is 3.51. The summed E-state index contributed by atoms with van der Waals surface area (Å²) < 4.78 is 9.71. The third-order valence-corrected chi connectivity index (χ3v) is 6.24. The number of hydrogen-bond acceptors (Lipinski definition) is 5. The molecule has 2 aromatic heterocycles. The van der Waals surface area contributed by atoms with Crippen LogP contribution in [0.3, 0.4) is 0 Å². The van der Waals surface area contributed by atoms with Gasteiger partial charge in [0.15, 0.2) is 5.82 Å². The lowest BCUT2D eigenvalue weighted by atomic mass is 10.1. The highest BCUT2D eigenvalue weighted by Crippen LogP contribution is 2.30. The highest BCUT2D eigenvalue weighted by Gasteiger charge is 2.17. The number of anilines is 3. The predicted molar refractivity (Wildman–Crippen MR) is 135 cm³/mol. The number of ether oxygens (including phenoxy) is 1. The van der Waals surface area contributed by atoms with Crippen LogP contribution in [0.2, 0.25) is 0 Å². The van der Waals surface area contributed by atoms with Crippen molar-refractivity contribution in [1.82, 2.24) is 19.6 Å². The molecule has 7 nitrogen and oxygen atoms in total. The molecule has 1 saturated heterocycles. The first-order valence-corrected chi connectivity index (χ1v) is 11.6. The van der Waals surface area contributed by atoms with Crippen molar-refractivity contribution in [3.63, 3.8) is 0 Å². The molecule has 0 amide bonds. The fourth-order valence-electron chi connectivity index (χ4n) is 4.47. The maximum Gasteiger partial charge on any atom is 0.160 e. The number of hydrogen-bond donors (Lipinski definition) is 2. The number of fused-ring (bicyclic) bond motifs is 1. The zero-order chi connectivity index (χ0) is 22.9. The Morgan fingerprint density at radius 2 is 1.82 bits per heavy atom. The Kier molecular flexibility index (Phi) is 5.24. The molecule has 1 atom stereocenters. The van der Waals surface area contributed by atoms with Gasteiger partial charge in [0.1, 0.15) is 6.23 Å². The zero-order valence-corrected chi connectivity index (χ0v) is 18.8. The van der Waals surface area contributed by atoms with E-state index in [0.29, 0.717) is 5.69 Å². The van der Waals surface area contributed by atoms with Gasteiger partial charge in [-0.25, -0.2) is 9.36 Å². The Balaban J connectivity index is 1.26. The van der Waals surface area contributed by atoms with Crippen molar-refractivity contribution in [2.24, 2.45) is 0 Å². The van der Waals surface area contributed by atoms with Crippen molar-refractivity contribution in [3.8, 4) is 16.8 Å². The number of nitrogen functional groups attached to an aromatic ring is 1. The zero-order valence-electron chi connectivity index (χ0n) is 18.8. The first-order valence-electron chi connectivity index (χ1n) is 11.6. The van der Waals surface area contributed by atoms with E-state index < -0.39 is 0 Å². The molecule has 1 aliphatic heterocycles. The van der Waals surface area contributed by atoms with Crippen LogP contribution in [0.15, 0.2) is 85.2 Å². The lowest BCUT2D eigenvalue weighted by molar-refractivity contribution is -0.0394. The smallest absolute Gasteiger partial charge is 0.160 e. The Bertz CT molecular complexity index is 1430. The minimum Gasteiger partial charge on any atom is -0.399 e. The summed E-state index contributed by atoms with van der Waals surface area (Å²) in [6.45, 7) is 0.808. The molecule has 0 aliphatic carbocycles. The van der Waals surface area contributed by atoms with Crippen LogP contribution in [-0.4, -0.2) is 26.2 Å². The van der Waals surface area contributed by atoms with E-state index in [1.54, 1.807) is 0 Å². The van der Waals surface area contributed by atoms with E-state index in [0.717, 1.165) is 58.7 Å². The Morgan fingerprint density at radius 3 is 2.65 bits per heavy atom. The molecule has 34 heavy (non-hydrogen) atoms. The third-order valence-electron chi connectivity index (χ3n) is 6.24. The van der Waals surface area contributed by atoms with E-state index in [1.165, 1.54) is 6.42 Å². The molecule has 3 aromatic carbocycles. The average molecular weight is 451 g/mol. The minimum absolute atomic E-state index is 0.0480. The van der Waals surface area contributed by atoms with Gasteiger partial charge in [0.25, 0.3) is 0 Å². The Labute approximate surface area is 197 Å². The minimum atomic E-state index is 0.0480. The van der Waals surface area contributed by atoms with Gasteiger partial charge < -0.3 is 15.8 Å². The van der Waals surface area contributed by atoms with E-state index in [4.69, 9.17) is 15.6 Å². The topological polar surface area (TPSA) is 82.9 Å². The van der Waals surface area contributed by atoms with Crippen molar-refractivity contribution < 1.29 is 4.74 Å². The SMILES string of the molecule is Nc1cccc(-n2nc(Nc3ccc(-c4cnn(C5CCCCO5)c4)cc3)c3ccccc32)c1. The first kappa shape index (κ1) is 20.5. The number of para-hydroxylation sites is 1. The predicted octanol–water partition coefficient (Wildman–Crippen LogP) is 5.91. The molecular weight excluding hydrogens is 424 g/mol. The van der Waals surface area contributed by atoms with E-state index in [1.807, 2.05) is 52.0 Å². The summed E-state index contributed by atoms with van der Waals surface area (Å²) in [6.07, 6.45) is 7.35. The molecule has 1 fully saturated rings. The van der Waals surface area contributed by atoms with Crippen molar-refractivity contribution in [1.29, 1.82) is 0 Å². The highest BCUT2D eigenvalue weighted by atomic mass is 16.5. The van der Waals surface area contributed by atoms with Crippen LogP contribution < -0.4 is 11.1 Å². The van der Waals surface area contributed by atoms with Crippen LogP contribution >= 0.6 is 0 Å². The number of rotatable bonds is 5. The van der Waals surface area contributed by atoms with E-state index >= 15 is 0 Å². The lowest BCUT2D eigenvalue weighted by Crippen LogP contribution is -2.18. The summed E-state index contributed by atoms with van der Waals surface area (Å²) in [5, 5.41) is 13.9. The van der Waals surface area contributed by atoms with E-state index in [2.05, 4.69) is 53.0 Å². The number of nitrogens with one attached hydrogen (secondary N) is 1. The quantitative estimate of drug-likeness (QED) is 0.325. The second kappa shape index (κ2) is 8.68. The normalized spacial score (nSPS) is 16.1. The molecule has 1 unspecified atom stereocenters.